The molecule has 0 atom stereocenters. The first-order valence-corrected chi connectivity index (χ1v) is 5.41. The van der Waals surface area contributed by atoms with E-state index in [1.165, 1.54) is 0 Å². The molecule has 1 aromatic carbocycles. The summed E-state index contributed by atoms with van der Waals surface area (Å²) < 4.78 is 2.47. The van der Waals surface area contributed by atoms with Gasteiger partial charge < -0.3 is 5.11 Å². The minimum absolute atomic E-state index is 0.0493. The van der Waals surface area contributed by atoms with Gasteiger partial charge in [-0.2, -0.15) is 5.10 Å². The van der Waals surface area contributed by atoms with Crippen molar-refractivity contribution >= 4 is 21.9 Å². The van der Waals surface area contributed by atoms with Crippen molar-refractivity contribution in [1.82, 2.24) is 9.78 Å². The van der Waals surface area contributed by atoms with Gasteiger partial charge in [0.25, 0.3) is 0 Å². The molecule has 0 fully saturated rings. The van der Waals surface area contributed by atoms with E-state index in [2.05, 4.69) is 21.0 Å². The first kappa shape index (κ1) is 10.9. The van der Waals surface area contributed by atoms with Crippen LogP contribution < -0.4 is 0 Å². The zero-order chi connectivity index (χ0) is 11.7. The van der Waals surface area contributed by atoms with Gasteiger partial charge in [0.1, 0.15) is 0 Å². The molecule has 2 rings (SSSR count). The van der Waals surface area contributed by atoms with Gasteiger partial charge in [-0.25, -0.2) is 4.79 Å². The van der Waals surface area contributed by atoms with Crippen LogP contribution in [0.5, 0.6) is 0 Å². The van der Waals surface area contributed by atoms with E-state index in [4.69, 9.17) is 5.11 Å². The average molecular weight is 281 g/mol. The highest BCUT2D eigenvalue weighted by molar-refractivity contribution is 9.10. The lowest BCUT2D eigenvalue weighted by atomic mass is 10.1. The Balaban J connectivity index is 2.57. The molecule has 0 amide bonds. The lowest BCUT2D eigenvalue weighted by molar-refractivity contribution is 0.0689. The molecule has 2 aromatic rings. The summed E-state index contributed by atoms with van der Waals surface area (Å²) in [5.74, 6) is -1.02. The van der Waals surface area contributed by atoms with Crippen LogP contribution >= 0.6 is 15.9 Å². The average Bonchev–Trinajstić information content (AvgIpc) is 2.61. The molecule has 5 heteroatoms. The molecule has 0 unspecified atom stereocenters. The monoisotopic (exact) mass is 280 g/mol. The summed E-state index contributed by atoms with van der Waals surface area (Å²) in [7, 11) is 1.72. The molecule has 0 radical (unpaired) electrons. The minimum atomic E-state index is -1.02. The third kappa shape index (κ3) is 1.86. The van der Waals surface area contributed by atoms with Gasteiger partial charge in [-0.15, -0.1) is 0 Å². The second kappa shape index (κ2) is 4.09. The van der Waals surface area contributed by atoms with Crippen LogP contribution in [0.25, 0.3) is 11.3 Å². The van der Waals surface area contributed by atoms with E-state index in [1.54, 1.807) is 17.8 Å². The van der Waals surface area contributed by atoms with Gasteiger partial charge in [-0.05, 0) is 12.1 Å². The molecule has 16 heavy (non-hydrogen) atoms. The third-order valence-electron chi connectivity index (χ3n) is 2.25. The first-order chi connectivity index (χ1) is 7.59. The van der Waals surface area contributed by atoms with Crippen LogP contribution in [0, 0.1) is 0 Å². The quantitative estimate of drug-likeness (QED) is 0.920. The molecule has 1 aromatic heterocycles. The van der Waals surface area contributed by atoms with Crippen molar-refractivity contribution in [2.45, 2.75) is 0 Å². The molecule has 4 nitrogen and oxygen atoms in total. The Morgan fingerprint density at radius 1 is 1.44 bits per heavy atom. The van der Waals surface area contributed by atoms with Crippen molar-refractivity contribution in [3.05, 3.63) is 40.5 Å². The smallest absolute Gasteiger partial charge is 0.356 e. The Morgan fingerprint density at radius 3 is 2.69 bits per heavy atom. The van der Waals surface area contributed by atoms with Gasteiger partial charge in [-0.3, -0.25) is 4.68 Å². The van der Waals surface area contributed by atoms with E-state index in [1.807, 2.05) is 24.3 Å². The minimum Gasteiger partial charge on any atom is -0.476 e. The van der Waals surface area contributed by atoms with Crippen molar-refractivity contribution in [2.75, 3.05) is 0 Å². The molecule has 82 valence electrons. The third-order valence-corrected chi connectivity index (χ3v) is 2.94. The molecule has 0 aliphatic heterocycles. The van der Waals surface area contributed by atoms with E-state index in [-0.39, 0.29) is 5.69 Å². The van der Waals surface area contributed by atoms with Crippen LogP contribution in [0.1, 0.15) is 10.5 Å². The van der Waals surface area contributed by atoms with Crippen LogP contribution in [-0.4, -0.2) is 20.9 Å². The summed E-state index contributed by atoms with van der Waals surface area (Å²) >= 11 is 3.42. The van der Waals surface area contributed by atoms with Crippen LogP contribution in [0.3, 0.4) is 0 Å². The summed E-state index contributed by atoms with van der Waals surface area (Å²) in [5.41, 5.74) is 1.74. The molecule has 0 aliphatic rings. The lowest BCUT2D eigenvalue weighted by Crippen LogP contribution is -1.99. The molecule has 0 saturated heterocycles. The van der Waals surface area contributed by atoms with Gasteiger partial charge in [0.2, 0.25) is 0 Å². The Bertz CT molecular complexity index is 549. The Hall–Kier alpha value is -1.62. The van der Waals surface area contributed by atoms with Gasteiger partial charge in [0.15, 0.2) is 5.69 Å². The van der Waals surface area contributed by atoms with Crippen LogP contribution in [0.15, 0.2) is 34.8 Å². The standard InChI is InChI=1S/C11H9BrN2O2/c1-14-10(6-9(13-14)11(15)16)7-4-2-3-5-8(7)12/h2-6H,1H3,(H,15,16). The van der Waals surface area contributed by atoms with Crippen molar-refractivity contribution in [2.24, 2.45) is 7.05 Å². The zero-order valence-corrected chi connectivity index (χ0v) is 10.1. The number of hydrogen-bond acceptors (Lipinski definition) is 2. The molecule has 1 N–H and O–H groups in total. The lowest BCUT2D eigenvalue weighted by Gasteiger charge is -2.03. The molecule has 0 aliphatic carbocycles. The first-order valence-electron chi connectivity index (χ1n) is 4.62. The molecule has 1 heterocycles. The number of carbonyl (C=O) groups is 1. The highest BCUT2D eigenvalue weighted by Crippen LogP contribution is 2.27. The summed E-state index contributed by atoms with van der Waals surface area (Å²) in [4.78, 5) is 10.8. The molecule has 0 saturated carbocycles. The number of aromatic carboxylic acids is 1. The Morgan fingerprint density at radius 2 is 2.12 bits per heavy atom. The second-order valence-electron chi connectivity index (χ2n) is 3.32. The number of benzene rings is 1. The summed E-state index contributed by atoms with van der Waals surface area (Å²) in [6.45, 7) is 0. The number of carboxylic acids is 1. The van der Waals surface area contributed by atoms with E-state index >= 15 is 0 Å². The van der Waals surface area contributed by atoms with Gasteiger partial charge in [-0.1, -0.05) is 34.1 Å². The van der Waals surface area contributed by atoms with Crippen molar-refractivity contribution < 1.29 is 9.90 Å². The highest BCUT2D eigenvalue weighted by atomic mass is 79.9. The SMILES string of the molecule is Cn1nc(C(=O)O)cc1-c1ccccc1Br. The number of rotatable bonds is 2. The summed E-state index contributed by atoms with van der Waals surface area (Å²) in [6.07, 6.45) is 0. The van der Waals surface area contributed by atoms with Crippen LogP contribution in [0.2, 0.25) is 0 Å². The number of hydrogen-bond donors (Lipinski definition) is 1. The van der Waals surface area contributed by atoms with Crippen molar-refractivity contribution in [1.29, 1.82) is 0 Å². The van der Waals surface area contributed by atoms with Crippen LogP contribution in [0.4, 0.5) is 0 Å². The number of aromatic nitrogens is 2. The maximum absolute atomic E-state index is 10.8. The fourth-order valence-corrected chi connectivity index (χ4v) is 1.98. The molecular weight excluding hydrogens is 272 g/mol. The van der Waals surface area contributed by atoms with Crippen molar-refractivity contribution in [3.8, 4) is 11.3 Å². The molecule has 0 bridgehead atoms. The van der Waals surface area contributed by atoms with E-state index in [0.29, 0.717) is 0 Å². The second-order valence-corrected chi connectivity index (χ2v) is 4.18. The highest BCUT2D eigenvalue weighted by Gasteiger charge is 2.13. The Kier molecular flexibility index (Phi) is 2.78. The maximum Gasteiger partial charge on any atom is 0.356 e. The van der Waals surface area contributed by atoms with Gasteiger partial charge in [0, 0.05) is 17.1 Å². The van der Waals surface area contributed by atoms with Gasteiger partial charge >= 0.3 is 5.97 Å². The fraction of sp³-hybridized carbons (Fsp3) is 0.0909. The number of halogens is 1. The van der Waals surface area contributed by atoms with Crippen molar-refractivity contribution in [3.63, 3.8) is 0 Å². The van der Waals surface area contributed by atoms with E-state index in [9.17, 15) is 4.79 Å². The molecule has 0 spiro atoms. The maximum atomic E-state index is 10.8. The largest absolute Gasteiger partial charge is 0.476 e. The number of carboxylic acid groups (broad SMARTS) is 1. The predicted molar refractivity (Wildman–Crippen MR) is 63.3 cm³/mol. The fourth-order valence-electron chi connectivity index (χ4n) is 1.49. The normalized spacial score (nSPS) is 10.4. The zero-order valence-electron chi connectivity index (χ0n) is 8.51. The summed E-state index contributed by atoms with van der Waals surface area (Å²) in [6, 6.07) is 9.17. The van der Waals surface area contributed by atoms with Crippen LogP contribution in [-0.2, 0) is 7.05 Å². The predicted octanol–water partition coefficient (Wildman–Crippen LogP) is 2.55. The summed E-state index contributed by atoms with van der Waals surface area (Å²) in [5, 5.41) is 12.8. The van der Waals surface area contributed by atoms with E-state index < -0.39 is 5.97 Å². The van der Waals surface area contributed by atoms with Gasteiger partial charge in [0.05, 0.1) is 5.69 Å². The molecular formula is C11H9BrN2O2. The topological polar surface area (TPSA) is 55.1 Å². The number of nitrogens with zero attached hydrogens (tertiary/aromatic N) is 2. The van der Waals surface area contributed by atoms with E-state index in [0.717, 1.165) is 15.7 Å². The Labute approximate surface area is 101 Å². The number of aryl methyl sites for hydroxylation is 1.